The molecule has 2 heterocycles. The Morgan fingerprint density at radius 3 is 2.46 bits per heavy atom. The van der Waals surface area contributed by atoms with E-state index < -0.39 is 17.5 Å². The summed E-state index contributed by atoms with van der Waals surface area (Å²) in [6.07, 6.45) is 2.09. The molecule has 1 amide bonds. The van der Waals surface area contributed by atoms with Crippen LogP contribution in [0.2, 0.25) is 0 Å². The fraction of sp³-hybridized carbons (Fsp3) is 0.250. The summed E-state index contributed by atoms with van der Waals surface area (Å²) >= 11 is 0. The van der Waals surface area contributed by atoms with E-state index in [9.17, 15) is 18.4 Å². The number of carbonyl (C=O) groups is 1. The van der Waals surface area contributed by atoms with E-state index in [-0.39, 0.29) is 17.8 Å². The fourth-order valence-electron chi connectivity index (χ4n) is 3.40. The summed E-state index contributed by atoms with van der Waals surface area (Å²) in [7, 11) is 0. The van der Waals surface area contributed by atoms with Gasteiger partial charge in [0.15, 0.2) is 17.5 Å². The van der Waals surface area contributed by atoms with Crippen molar-refractivity contribution in [2.75, 3.05) is 23.3 Å². The topological polar surface area (TPSA) is 67.2 Å². The number of rotatable bonds is 4. The number of hydrogen-bond donors (Lipinski definition) is 1. The number of amides is 1. The van der Waals surface area contributed by atoms with Crippen LogP contribution in [-0.2, 0) is 11.3 Å². The molecule has 0 saturated carbocycles. The molecule has 1 fully saturated rings. The van der Waals surface area contributed by atoms with Crippen molar-refractivity contribution in [3.05, 3.63) is 64.5 Å². The highest BCUT2D eigenvalue weighted by Gasteiger charge is 2.20. The van der Waals surface area contributed by atoms with Gasteiger partial charge in [0.1, 0.15) is 6.54 Å². The second kappa shape index (κ2) is 7.38. The van der Waals surface area contributed by atoms with Crippen LogP contribution in [0.15, 0.2) is 47.3 Å². The van der Waals surface area contributed by atoms with E-state index in [2.05, 4.69) is 15.3 Å². The van der Waals surface area contributed by atoms with Gasteiger partial charge in [0.05, 0.1) is 5.39 Å². The van der Waals surface area contributed by atoms with Crippen LogP contribution in [0.1, 0.15) is 12.8 Å². The Morgan fingerprint density at radius 1 is 1.04 bits per heavy atom. The van der Waals surface area contributed by atoms with Crippen LogP contribution in [0.3, 0.4) is 0 Å². The average molecular weight is 384 g/mol. The van der Waals surface area contributed by atoms with Gasteiger partial charge in [-0.1, -0.05) is 18.2 Å². The van der Waals surface area contributed by atoms with Crippen LogP contribution in [0, 0.1) is 11.6 Å². The fourth-order valence-corrected chi connectivity index (χ4v) is 3.40. The number of halogens is 2. The van der Waals surface area contributed by atoms with E-state index in [1.807, 2.05) is 12.1 Å². The predicted octanol–water partition coefficient (Wildman–Crippen LogP) is 2.91. The van der Waals surface area contributed by atoms with E-state index in [0.717, 1.165) is 48.1 Å². The summed E-state index contributed by atoms with van der Waals surface area (Å²) in [5.74, 6) is -1.94. The van der Waals surface area contributed by atoms with Gasteiger partial charge in [0.2, 0.25) is 5.91 Å². The summed E-state index contributed by atoms with van der Waals surface area (Å²) in [6, 6.07) is 10.2. The first-order chi connectivity index (χ1) is 13.5. The Kier molecular flexibility index (Phi) is 4.77. The van der Waals surface area contributed by atoms with Crippen LogP contribution in [0.25, 0.3) is 10.8 Å². The highest BCUT2D eigenvalue weighted by Crippen LogP contribution is 2.25. The maximum absolute atomic E-state index is 13.3. The van der Waals surface area contributed by atoms with E-state index >= 15 is 0 Å². The largest absolute Gasteiger partial charge is 0.355 e. The van der Waals surface area contributed by atoms with Crippen molar-refractivity contribution in [2.45, 2.75) is 19.4 Å². The monoisotopic (exact) mass is 384 g/mol. The second-order valence-electron chi connectivity index (χ2n) is 6.70. The molecule has 6 nitrogen and oxygen atoms in total. The molecule has 2 aromatic carbocycles. The maximum Gasteiger partial charge on any atom is 0.275 e. The molecule has 0 unspecified atom stereocenters. The lowest BCUT2D eigenvalue weighted by Gasteiger charge is -2.19. The molecule has 0 spiro atoms. The first-order valence-corrected chi connectivity index (χ1v) is 9.02. The van der Waals surface area contributed by atoms with E-state index in [0.29, 0.717) is 11.2 Å². The van der Waals surface area contributed by atoms with Crippen LogP contribution in [-0.4, -0.2) is 28.8 Å². The zero-order valence-electron chi connectivity index (χ0n) is 15.0. The molecule has 144 valence electrons. The molecular formula is C20H18F2N4O2. The third-order valence-corrected chi connectivity index (χ3v) is 4.75. The van der Waals surface area contributed by atoms with Gasteiger partial charge in [-0.05, 0) is 31.0 Å². The summed E-state index contributed by atoms with van der Waals surface area (Å²) in [5, 5.41) is 8.14. The maximum atomic E-state index is 13.3. The van der Waals surface area contributed by atoms with Crippen molar-refractivity contribution in [2.24, 2.45) is 0 Å². The lowest BCUT2D eigenvalue weighted by atomic mass is 10.2. The molecular weight excluding hydrogens is 366 g/mol. The molecule has 1 N–H and O–H groups in total. The molecule has 0 aliphatic carbocycles. The Balaban J connectivity index is 1.66. The van der Waals surface area contributed by atoms with Crippen molar-refractivity contribution in [1.29, 1.82) is 0 Å². The molecule has 1 aliphatic heterocycles. The van der Waals surface area contributed by atoms with Crippen molar-refractivity contribution >= 4 is 28.2 Å². The summed E-state index contributed by atoms with van der Waals surface area (Å²) < 4.78 is 27.5. The molecule has 28 heavy (non-hydrogen) atoms. The number of benzene rings is 2. The zero-order chi connectivity index (χ0) is 19.7. The third-order valence-electron chi connectivity index (χ3n) is 4.75. The first kappa shape index (κ1) is 18.1. The number of anilines is 2. The minimum absolute atomic E-state index is 0.109. The van der Waals surface area contributed by atoms with Crippen LogP contribution in [0.5, 0.6) is 0 Å². The Bertz CT molecular complexity index is 1110. The molecule has 8 heteroatoms. The first-order valence-electron chi connectivity index (χ1n) is 9.02. The highest BCUT2D eigenvalue weighted by molar-refractivity contribution is 5.93. The van der Waals surface area contributed by atoms with Crippen LogP contribution in [0.4, 0.5) is 20.3 Å². The normalized spacial score (nSPS) is 13.9. The summed E-state index contributed by atoms with van der Waals surface area (Å²) in [4.78, 5) is 27.2. The molecule has 3 aromatic rings. The number of aromatic nitrogens is 2. The van der Waals surface area contributed by atoms with Gasteiger partial charge < -0.3 is 10.2 Å². The summed E-state index contributed by atoms with van der Waals surface area (Å²) in [6.45, 7) is 1.36. The predicted molar refractivity (Wildman–Crippen MR) is 102 cm³/mol. The number of nitrogens with zero attached hydrogens (tertiary/aromatic N) is 3. The molecule has 0 atom stereocenters. The van der Waals surface area contributed by atoms with Crippen molar-refractivity contribution in [1.82, 2.24) is 9.78 Å². The standard InChI is InChI=1S/C20H18F2N4O2/c21-16-8-7-13(11-17(16)22)23-18(27)12-26-20(28)15-6-2-1-5-14(15)19(24-26)25-9-3-4-10-25/h1-2,5-8,11H,3-4,9-10,12H2,(H,23,27). The Morgan fingerprint density at radius 2 is 1.75 bits per heavy atom. The Labute approximate surface area is 159 Å². The van der Waals surface area contributed by atoms with E-state index in [1.165, 1.54) is 6.07 Å². The molecule has 1 saturated heterocycles. The van der Waals surface area contributed by atoms with Gasteiger partial charge in [0.25, 0.3) is 5.56 Å². The third kappa shape index (κ3) is 3.45. The number of carbonyl (C=O) groups excluding carboxylic acids is 1. The quantitative estimate of drug-likeness (QED) is 0.751. The second-order valence-corrected chi connectivity index (χ2v) is 6.70. The average Bonchev–Trinajstić information content (AvgIpc) is 3.21. The highest BCUT2D eigenvalue weighted by atomic mass is 19.2. The van der Waals surface area contributed by atoms with Crippen LogP contribution >= 0.6 is 0 Å². The molecule has 0 radical (unpaired) electrons. The van der Waals surface area contributed by atoms with Crippen molar-refractivity contribution < 1.29 is 13.6 Å². The molecule has 4 rings (SSSR count). The SMILES string of the molecule is O=C(Cn1nc(N2CCCC2)c2ccccc2c1=O)Nc1ccc(F)c(F)c1. The molecule has 1 aromatic heterocycles. The minimum Gasteiger partial charge on any atom is -0.355 e. The van der Waals surface area contributed by atoms with Gasteiger partial charge in [-0.25, -0.2) is 13.5 Å². The van der Waals surface area contributed by atoms with Gasteiger partial charge in [-0.2, -0.15) is 5.10 Å². The van der Waals surface area contributed by atoms with Crippen LogP contribution < -0.4 is 15.8 Å². The lowest BCUT2D eigenvalue weighted by molar-refractivity contribution is -0.117. The van der Waals surface area contributed by atoms with E-state index in [1.54, 1.807) is 12.1 Å². The molecule has 0 bridgehead atoms. The van der Waals surface area contributed by atoms with Crippen molar-refractivity contribution in [3.63, 3.8) is 0 Å². The summed E-state index contributed by atoms with van der Waals surface area (Å²) in [5.41, 5.74) is -0.267. The minimum atomic E-state index is -1.06. The molecule has 1 aliphatic rings. The van der Waals surface area contributed by atoms with Gasteiger partial charge in [-0.3, -0.25) is 9.59 Å². The van der Waals surface area contributed by atoms with Gasteiger partial charge in [0, 0.05) is 30.2 Å². The lowest BCUT2D eigenvalue weighted by Crippen LogP contribution is -2.32. The number of hydrogen-bond acceptors (Lipinski definition) is 4. The Hall–Kier alpha value is -3.29. The van der Waals surface area contributed by atoms with E-state index in [4.69, 9.17) is 0 Å². The van der Waals surface area contributed by atoms with Crippen molar-refractivity contribution in [3.8, 4) is 0 Å². The smallest absolute Gasteiger partial charge is 0.275 e. The number of nitrogens with one attached hydrogen (secondary N) is 1. The number of fused-ring (bicyclic) bond motifs is 1. The van der Waals surface area contributed by atoms with Gasteiger partial charge >= 0.3 is 0 Å². The zero-order valence-corrected chi connectivity index (χ0v) is 15.0. The van der Waals surface area contributed by atoms with Gasteiger partial charge in [-0.15, -0.1) is 0 Å².